The van der Waals surface area contributed by atoms with Gasteiger partial charge in [0, 0.05) is 70.2 Å². The summed E-state index contributed by atoms with van der Waals surface area (Å²) in [5.74, 6) is -2.98. The van der Waals surface area contributed by atoms with E-state index in [9.17, 15) is 19.2 Å². The number of alkyl carbamates (subject to hydrolysis) is 2. The molecule has 24 heteroatoms. The number of halogens is 4. The summed E-state index contributed by atoms with van der Waals surface area (Å²) in [5, 5.41) is 5.19. The smallest absolute Gasteiger partial charge is 0.407 e. The molecule has 19 nitrogen and oxygen atoms in total. The number of H-pyrrole nitrogens is 2. The van der Waals surface area contributed by atoms with Gasteiger partial charge in [-0.1, -0.05) is 31.4 Å². The van der Waals surface area contributed by atoms with Crippen LogP contribution in [0.5, 0.6) is 0 Å². The molecule has 5 aromatic rings. The van der Waals surface area contributed by atoms with E-state index in [4.69, 9.17) is 33.7 Å². The minimum atomic E-state index is -1.49. The summed E-state index contributed by atoms with van der Waals surface area (Å²) < 4.78 is 94.2. The Bertz CT molecular complexity index is 3110. The molecular formula is C57H74F4N10O9Si. The molecule has 1 unspecified atom stereocenters. The number of anilines is 2. The second kappa shape index (κ2) is 24.1. The maximum atomic E-state index is 17.1. The molecule has 7 heterocycles. The van der Waals surface area contributed by atoms with E-state index in [-0.39, 0.29) is 47.8 Å². The van der Waals surface area contributed by atoms with Gasteiger partial charge in [0.15, 0.2) is 11.6 Å². The number of carbonyl (C=O) groups excluding carboxylic acids is 4. The average molecular weight is 1150 g/mol. The molecule has 2 aromatic heterocycles. The van der Waals surface area contributed by atoms with Gasteiger partial charge in [-0.25, -0.2) is 37.1 Å². The van der Waals surface area contributed by atoms with Gasteiger partial charge < -0.3 is 63.9 Å². The average Bonchev–Trinajstić information content (AvgIpc) is 4.00. The maximum Gasteiger partial charge on any atom is 0.407 e. The first-order valence-corrected chi connectivity index (χ1v) is 31.1. The third-order valence-electron chi connectivity index (χ3n) is 18.1. The number of amides is 4. The Morgan fingerprint density at radius 2 is 1.15 bits per heavy atom. The Kier molecular flexibility index (Phi) is 17.2. The van der Waals surface area contributed by atoms with E-state index in [1.165, 1.54) is 84.1 Å². The van der Waals surface area contributed by atoms with E-state index >= 15 is 17.6 Å². The van der Waals surface area contributed by atoms with E-state index < -0.39 is 104 Å². The Labute approximate surface area is 469 Å². The standard InChI is InChI=1S/C57H74F4N10O9Si/c1-31(77-4)49(66-56(74)79-6)54(72)69-15-11-12-47(69)52-62-41-25-35(37(58)27-43(41)64-52)45-13-14-46(71(45)34-23-39(60)51(40(61)24-34)68-16-20-81(21-17-68)18-9-8-10-19-81)36-26-42-44(28-38(36)59)65-53(63-42)48-22-33(30-76-3)29-70(48)55(73)50(32(2)78-5)67-57(75)80-7/h23-28,31-33,45-50H,8-22,29-30H2,1-7H3,(H,62,64)(H,63,65)(H,66,74)(H,67,75)/t31-,32-,33?,45+,46+,47+,48+,49+,50+/m1/s1. The zero-order valence-electron chi connectivity index (χ0n) is 47.1. The Hall–Kier alpha value is -6.50. The van der Waals surface area contributed by atoms with Crippen LogP contribution in [-0.2, 0) is 33.3 Å². The molecule has 3 aromatic carbocycles. The van der Waals surface area contributed by atoms with E-state index in [2.05, 4.69) is 20.6 Å². The Morgan fingerprint density at radius 1 is 0.630 bits per heavy atom. The van der Waals surface area contributed by atoms with Crippen LogP contribution in [0.25, 0.3) is 22.1 Å². The van der Waals surface area contributed by atoms with E-state index in [1.807, 2.05) is 4.90 Å². The van der Waals surface area contributed by atoms with Gasteiger partial charge in [0.05, 0.1) is 87.3 Å². The Morgan fingerprint density at radius 3 is 1.65 bits per heavy atom. The second-order valence-corrected chi connectivity index (χ2v) is 27.7. The number of aromatic amines is 2. The van der Waals surface area contributed by atoms with Crippen molar-refractivity contribution in [3.8, 4) is 0 Å². The first-order valence-electron chi connectivity index (χ1n) is 28.2. The van der Waals surface area contributed by atoms with Gasteiger partial charge in [-0.15, -0.1) is 0 Å². The molecule has 5 saturated heterocycles. The number of carbonyl (C=O) groups is 4. The molecule has 0 saturated carbocycles. The van der Waals surface area contributed by atoms with E-state index in [1.54, 1.807) is 47.8 Å². The van der Waals surface area contributed by atoms with Crippen LogP contribution in [0.15, 0.2) is 36.4 Å². The summed E-state index contributed by atoms with van der Waals surface area (Å²) in [6.45, 7) is 5.42. The molecular weight excluding hydrogens is 1070 g/mol. The number of methoxy groups -OCH3 is 5. The maximum absolute atomic E-state index is 17.1. The molecule has 5 aliphatic rings. The van der Waals surface area contributed by atoms with Crippen molar-refractivity contribution >= 4 is 65.5 Å². The molecule has 81 heavy (non-hydrogen) atoms. The van der Waals surface area contributed by atoms with Gasteiger partial charge in [0.25, 0.3) is 0 Å². The van der Waals surface area contributed by atoms with Gasteiger partial charge in [0.1, 0.15) is 41.1 Å². The highest BCUT2D eigenvalue weighted by molar-refractivity contribution is 6.80. The number of imidazole rings is 2. The normalized spacial score (nSPS) is 23.5. The van der Waals surface area contributed by atoms with Crippen LogP contribution in [0, 0.1) is 29.2 Å². The molecule has 0 bridgehead atoms. The number of hydrogen-bond acceptors (Lipinski definition) is 13. The lowest BCUT2D eigenvalue weighted by Gasteiger charge is -2.43. The summed E-state index contributed by atoms with van der Waals surface area (Å²) in [4.78, 5) is 76.3. The first-order chi connectivity index (χ1) is 39.0. The fraction of sp³-hybridized carbons (Fsp3) is 0.579. The van der Waals surface area contributed by atoms with Gasteiger partial charge in [-0.05, 0) is 94.4 Å². The summed E-state index contributed by atoms with van der Waals surface area (Å²) >= 11 is 0. The lowest BCUT2D eigenvalue weighted by Crippen LogP contribution is -2.54. The summed E-state index contributed by atoms with van der Waals surface area (Å²) in [5.41, 5.74) is 1.77. The molecule has 4 amide bonds. The summed E-state index contributed by atoms with van der Waals surface area (Å²) in [7, 11) is 5.34. The van der Waals surface area contributed by atoms with Gasteiger partial charge in [-0.3, -0.25) is 9.59 Å². The van der Waals surface area contributed by atoms with Gasteiger partial charge in [0.2, 0.25) is 11.8 Å². The summed E-state index contributed by atoms with van der Waals surface area (Å²) in [6.07, 6.45) is 2.71. The molecule has 5 aliphatic heterocycles. The molecule has 5 fully saturated rings. The van der Waals surface area contributed by atoms with Crippen molar-refractivity contribution in [3.63, 3.8) is 0 Å². The van der Waals surface area contributed by atoms with Crippen molar-refractivity contribution in [3.05, 3.63) is 82.4 Å². The highest BCUT2D eigenvalue weighted by Crippen LogP contribution is 2.51. The summed E-state index contributed by atoms with van der Waals surface area (Å²) in [6, 6.07) is 7.74. The van der Waals surface area contributed by atoms with Crippen LogP contribution < -0.4 is 20.4 Å². The third-order valence-corrected chi connectivity index (χ3v) is 23.5. The molecule has 10 rings (SSSR count). The number of ether oxygens (including phenoxy) is 5. The van der Waals surface area contributed by atoms with Gasteiger partial charge in [-0.2, -0.15) is 0 Å². The monoisotopic (exact) mass is 1150 g/mol. The quantitative estimate of drug-likeness (QED) is 0.0537. The number of hydrogen-bond donors (Lipinski definition) is 4. The van der Waals surface area contributed by atoms with Crippen molar-refractivity contribution in [2.24, 2.45) is 5.92 Å². The lowest BCUT2D eigenvalue weighted by molar-refractivity contribution is -0.138. The highest BCUT2D eigenvalue weighted by atomic mass is 28.3. The van der Waals surface area contributed by atoms with Crippen LogP contribution >= 0.6 is 0 Å². The molecule has 0 radical (unpaired) electrons. The molecule has 1 spiro atoms. The first kappa shape index (κ1) is 57.7. The van der Waals surface area contributed by atoms with Crippen molar-refractivity contribution < 1.29 is 60.4 Å². The van der Waals surface area contributed by atoms with Crippen LogP contribution in [-0.4, -0.2) is 154 Å². The fourth-order valence-corrected chi connectivity index (χ4v) is 18.6. The van der Waals surface area contributed by atoms with Crippen LogP contribution in [0.3, 0.4) is 0 Å². The van der Waals surface area contributed by atoms with E-state index in [0.29, 0.717) is 79.2 Å². The number of fused-ring (bicyclic) bond motifs is 2. The lowest BCUT2D eigenvalue weighted by atomic mass is 10.0. The minimum absolute atomic E-state index is 0.0984. The zero-order valence-corrected chi connectivity index (χ0v) is 48.1. The predicted octanol–water partition coefficient (Wildman–Crippen LogP) is 9.25. The number of likely N-dealkylation sites (tertiary alicyclic amines) is 2. The van der Waals surface area contributed by atoms with Gasteiger partial charge >= 0.3 is 12.2 Å². The predicted molar refractivity (Wildman–Crippen MR) is 296 cm³/mol. The highest BCUT2D eigenvalue weighted by Gasteiger charge is 2.45. The number of benzene rings is 3. The minimum Gasteiger partial charge on any atom is -0.453 e. The molecule has 4 N–H and O–H groups in total. The largest absolute Gasteiger partial charge is 0.453 e. The van der Waals surface area contributed by atoms with Crippen molar-refractivity contribution in [2.75, 3.05) is 78.1 Å². The zero-order chi connectivity index (χ0) is 57.4. The molecule has 9 atom stereocenters. The number of aromatic nitrogens is 4. The number of nitrogens with zero attached hydrogens (tertiary/aromatic N) is 6. The van der Waals surface area contributed by atoms with Crippen LogP contribution in [0.4, 0.5) is 38.5 Å². The third kappa shape index (κ3) is 11.4. The second-order valence-electron chi connectivity index (χ2n) is 22.7. The van der Waals surface area contributed by atoms with Crippen molar-refractivity contribution in [1.82, 2.24) is 40.4 Å². The molecule has 0 aliphatic carbocycles. The topological polar surface area (TPSA) is 209 Å². The van der Waals surface area contributed by atoms with E-state index in [0.717, 1.165) is 12.1 Å². The number of rotatable bonds is 16. The Balaban J connectivity index is 1.01. The van der Waals surface area contributed by atoms with Crippen LogP contribution in [0.1, 0.15) is 112 Å². The van der Waals surface area contributed by atoms with Crippen molar-refractivity contribution in [1.29, 1.82) is 0 Å². The van der Waals surface area contributed by atoms with Crippen LogP contribution in [0.2, 0.25) is 24.2 Å². The SMILES string of the molecule is COCC1C[C@@H](c2nc3cc([C@@H]4CC[C@@H](c5cc6nc([C@@H]7CCCN7C(=O)[C@@H](NC(=O)OC)[C@@H](C)OC)[nH]c6cc5F)N4c4cc(F)c(N5CC[Si]6(CCCCC6)CC5)c(F)c4)c(F)cc3[nH]2)N(C(=O)[C@@H](NC(=O)OC)[C@@H](C)OC)C1. The number of nitrogens with one attached hydrogen (secondary N) is 4. The fourth-order valence-electron chi connectivity index (χ4n) is 13.6. The molecule has 438 valence electrons. The van der Waals surface area contributed by atoms with Crippen molar-refractivity contribution in [2.45, 2.75) is 138 Å².